The van der Waals surface area contributed by atoms with Crippen LogP contribution in [0.25, 0.3) is 0 Å². The first-order valence-corrected chi connectivity index (χ1v) is 8.19. The van der Waals surface area contributed by atoms with E-state index in [1.165, 1.54) is 5.56 Å². The summed E-state index contributed by atoms with van der Waals surface area (Å²) in [4.78, 5) is 2.36. The van der Waals surface area contributed by atoms with Gasteiger partial charge in [-0.1, -0.05) is 24.3 Å². The van der Waals surface area contributed by atoms with Crippen LogP contribution in [0.1, 0.15) is 36.9 Å². The van der Waals surface area contributed by atoms with Gasteiger partial charge in [-0.15, -0.1) is 10.2 Å². The van der Waals surface area contributed by atoms with Crippen molar-refractivity contribution in [3.8, 4) is 6.07 Å². The molecule has 1 aliphatic rings. The van der Waals surface area contributed by atoms with Crippen molar-refractivity contribution in [2.75, 3.05) is 19.7 Å². The maximum Gasteiger partial charge on any atom is 0.163 e. The van der Waals surface area contributed by atoms with E-state index in [-0.39, 0.29) is 6.10 Å². The highest BCUT2D eigenvalue weighted by molar-refractivity contribution is 5.37. The Kier molecular flexibility index (Phi) is 4.65. The van der Waals surface area contributed by atoms with Crippen molar-refractivity contribution >= 4 is 0 Å². The standard InChI is InChI=1S/C18H23N5O/c1-18(2,12-19)15-7-5-4-6-14(15)10-23-8-9-24-16(11-23)17-21-20-13-22(17)3/h4-7,13,16H,8-11H2,1-3H3/t16-/m0/s1. The van der Waals surface area contributed by atoms with Crippen LogP contribution in [0.4, 0.5) is 0 Å². The zero-order chi connectivity index (χ0) is 17.2. The van der Waals surface area contributed by atoms with Gasteiger partial charge in [0.05, 0.1) is 18.1 Å². The monoisotopic (exact) mass is 325 g/mol. The summed E-state index contributed by atoms with van der Waals surface area (Å²) in [5, 5.41) is 17.6. The van der Waals surface area contributed by atoms with E-state index in [1.54, 1.807) is 6.33 Å². The predicted octanol–water partition coefficient (Wildman–Crippen LogP) is 2.19. The normalized spacial score (nSPS) is 19.2. The fraction of sp³-hybridized carbons (Fsp3) is 0.500. The summed E-state index contributed by atoms with van der Waals surface area (Å²) >= 11 is 0. The van der Waals surface area contributed by atoms with Crippen LogP contribution >= 0.6 is 0 Å². The van der Waals surface area contributed by atoms with Gasteiger partial charge in [-0.25, -0.2) is 0 Å². The maximum absolute atomic E-state index is 9.47. The maximum atomic E-state index is 9.47. The van der Waals surface area contributed by atoms with Crippen LogP contribution in [0.15, 0.2) is 30.6 Å². The highest BCUT2D eigenvalue weighted by atomic mass is 16.5. The highest BCUT2D eigenvalue weighted by Crippen LogP contribution is 2.28. The second kappa shape index (κ2) is 6.71. The van der Waals surface area contributed by atoms with E-state index >= 15 is 0 Å². The van der Waals surface area contributed by atoms with E-state index in [9.17, 15) is 5.26 Å². The van der Waals surface area contributed by atoms with E-state index in [1.807, 2.05) is 37.6 Å². The lowest BCUT2D eigenvalue weighted by molar-refractivity contribution is -0.0386. The van der Waals surface area contributed by atoms with Crippen LogP contribution in [0.2, 0.25) is 0 Å². The van der Waals surface area contributed by atoms with E-state index in [4.69, 9.17) is 4.74 Å². The summed E-state index contributed by atoms with van der Waals surface area (Å²) in [6, 6.07) is 10.6. The van der Waals surface area contributed by atoms with Crippen molar-refractivity contribution in [3.63, 3.8) is 0 Å². The second-order valence-electron chi connectivity index (χ2n) is 6.79. The Morgan fingerprint density at radius 1 is 1.38 bits per heavy atom. The smallest absolute Gasteiger partial charge is 0.163 e. The number of nitrogens with zero attached hydrogens (tertiary/aromatic N) is 5. The molecule has 0 spiro atoms. The lowest BCUT2D eigenvalue weighted by Gasteiger charge is -2.33. The SMILES string of the molecule is Cn1cnnc1[C@@H]1CN(Cc2ccccc2C(C)(C)C#N)CCO1. The molecule has 1 aromatic heterocycles. The minimum atomic E-state index is -0.494. The summed E-state index contributed by atoms with van der Waals surface area (Å²) in [6.07, 6.45) is 1.63. The molecule has 0 saturated carbocycles. The number of aromatic nitrogens is 3. The molecular weight excluding hydrogens is 302 g/mol. The minimum Gasteiger partial charge on any atom is -0.368 e. The lowest BCUT2D eigenvalue weighted by atomic mass is 9.83. The van der Waals surface area contributed by atoms with E-state index < -0.39 is 5.41 Å². The fourth-order valence-corrected chi connectivity index (χ4v) is 3.16. The molecule has 6 nitrogen and oxygen atoms in total. The molecule has 0 unspecified atom stereocenters. The summed E-state index contributed by atoms with van der Waals surface area (Å²) in [5.41, 5.74) is 1.79. The van der Waals surface area contributed by atoms with Crippen LogP contribution in [0.5, 0.6) is 0 Å². The molecule has 0 aliphatic carbocycles. The number of benzene rings is 1. The average Bonchev–Trinajstić information content (AvgIpc) is 3.01. The molecule has 1 atom stereocenters. The number of morpholine rings is 1. The Hall–Kier alpha value is -2.23. The molecule has 3 rings (SSSR count). The average molecular weight is 325 g/mol. The topological polar surface area (TPSA) is 67.0 Å². The fourth-order valence-electron chi connectivity index (χ4n) is 3.16. The van der Waals surface area contributed by atoms with Crippen molar-refractivity contribution in [1.29, 1.82) is 5.26 Å². The van der Waals surface area contributed by atoms with E-state index in [0.29, 0.717) is 6.61 Å². The largest absolute Gasteiger partial charge is 0.368 e. The zero-order valence-corrected chi connectivity index (χ0v) is 14.4. The van der Waals surface area contributed by atoms with Gasteiger partial charge in [-0.2, -0.15) is 5.26 Å². The Balaban J connectivity index is 1.78. The summed E-state index contributed by atoms with van der Waals surface area (Å²) in [7, 11) is 1.93. The van der Waals surface area contributed by atoms with Gasteiger partial charge in [0.1, 0.15) is 12.4 Å². The van der Waals surface area contributed by atoms with Gasteiger partial charge in [0.15, 0.2) is 5.82 Å². The molecule has 0 radical (unpaired) electrons. The number of hydrogen-bond donors (Lipinski definition) is 0. The van der Waals surface area contributed by atoms with Crippen molar-refractivity contribution < 1.29 is 4.74 Å². The molecule has 1 aliphatic heterocycles. The number of rotatable bonds is 4. The van der Waals surface area contributed by atoms with Gasteiger partial charge in [0, 0.05) is 26.7 Å². The summed E-state index contributed by atoms with van der Waals surface area (Å²) in [6.45, 7) is 7.05. The highest BCUT2D eigenvalue weighted by Gasteiger charge is 2.28. The van der Waals surface area contributed by atoms with Crippen molar-refractivity contribution in [2.45, 2.75) is 31.9 Å². The molecular formula is C18H23N5O. The predicted molar refractivity (Wildman–Crippen MR) is 90.1 cm³/mol. The second-order valence-corrected chi connectivity index (χ2v) is 6.79. The molecule has 126 valence electrons. The molecule has 2 aromatic rings. The number of aryl methyl sites for hydroxylation is 1. The number of ether oxygens (including phenoxy) is 1. The molecule has 1 aromatic carbocycles. The van der Waals surface area contributed by atoms with Crippen LogP contribution in [-0.2, 0) is 23.7 Å². The van der Waals surface area contributed by atoms with Gasteiger partial charge in [-0.05, 0) is 25.0 Å². The van der Waals surface area contributed by atoms with Gasteiger partial charge < -0.3 is 9.30 Å². The quantitative estimate of drug-likeness (QED) is 0.862. The van der Waals surface area contributed by atoms with Crippen LogP contribution < -0.4 is 0 Å². The Labute approximate surface area is 142 Å². The van der Waals surface area contributed by atoms with Crippen molar-refractivity contribution in [3.05, 3.63) is 47.5 Å². The van der Waals surface area contributed by atoms with Gasteiger partial charge >= 0.3 is 0 Å². The lowest BCUT2D eigenvalue weighted by Crippen LogP contribution is -2.39. The summed E-state index contributed by atoms with van der Waals surface area (Å²) in [5.74, 6) is 0.852. The Bertz CT molecular complexity index is 746. The third kappa shape index (κ3) is 3.32. The molecule has 0 N–H and O–H groups in total. The first kappa shape index (κ1) is 16.6. The first-order chi connectivity index (χ1) is 11.5. The Morgan fingerprint density at radius 3 is 2.88 bits per heavy atom. The van der Waals surface area contributed by atoms with Crippen molar-refractivity contribution in [2.24, 2.45) is 7.05 Å². The Morgan fingerprint density at radius 2 is 2.17 bits per heavy atom. The van der Waals surface area contributed by atoms with Crippen molar-refractivity contribution in [1.82, 2.24) is 19.7 Å². The first-order valence-electron chi connectivity index (χ1n) is 8.19. The third-order valence-corrected chi connectivity index (χ3v) is 4.55. The molecule has 1 saturated heterocycles. The van der Waals surface area contributed by atoms with Gasteiger partial charge in [-0.3, -0.25) is 4.90 Å². The molecule has 6 heteroatoms. The van der Waals surface area contributed by atoms with Crippen LogP contribution in [0.3, 0.4) is 0 Å². The molecule has 2 heterocycles. The molecule has 1 fully saturated rings. The zero-order valence-electron chi connectivity index (χ0n) is 14.4. The van der Waals surface area contributed by atoms with E-state index in [0.717, 1.165) is 31.0 Å². The van der Waals surface area contributed by atoms with Crippen LogP contribution in [-0.4, -0.2) is 39.4 Å². The third-order valence-electron chi connectivity index (χ3n) is 4.55. The van der Waals surface area contributed by atoms with Crippen LogP contribution in [0, 0.1) is 11.3 Å². The molecule has 0 bridgehead atoms. The van der Waals surface area contributed by atoms with Gasteiger partial charge in [0.2, 0.25) is 0 Å². The van der Waals surface area contributed by atoms with E-state index in [2.05, 4.69) is 33.3 Å². The van der Waals surface area contributed by atoms with Gasteiger partial charge in [0.25, 0.3) is 0 Å². The number of nitriles is 1. The minimum absolute atomic E-state index is 0.0672. The summed E-state index contributed by atoms with van der Waals surface area (Å²) < 4.78 is 7.78. The molecule has 0 amide bonds. The number of hydrogen-bond acceptors (Lipinski definition) is 5. The molecule has 24 heavy (non-hydrogen) atoms.